The van der Waals surface area contributed by atoms with Crippen molar-refractivity contribution in [3.8, 4) is 40.2 Å². The van der Waals surface area contributed by atoms with Crippen LogP contribution in [0.1, 0.15) is 45.5 Å². The molecule has 0 saturated heterocycles. The van der Waals surface area contributed by atoms with Crippen LogP contribution in [0.3, 0.4) is 0 Å². The Hall–Kier alpha value is -4.60. The fourth-order valence-corrected chi connectivity index (χ4v) is 7.26. The van der Waals surface area contributed by atoms with Gasteiger partial charge < -0.3 is 35.2 Å². The van der Waals surface area contributed by atoms with Gasteiger partial charge in [0.1, 0.15) is 5.75 Å². The van der Waals surface area contributed by atoms with E-state index in [0.29, 0.717) is 58.0 Å². The van der Waals surface area contributed by atoms with E-state index in [1.54, 1.807) is 21.3 Å². The number of fused-ring (bicyclic) bond motifs is 2. The van der Waals surface area contributed by atoms with Gasteiger partial charge in [-0.15, -0.1) is 0 Å². The molecule has 0 amide bonds. The maximum absolute atomic E-state index is 7.01. The third-order valence-electron chi connectivity index (χ3n) is 9.85. The first-order valence-electron chi connectivity index (χ1n) is 15.8. The molecule has 0 fully saturated rings. The average molecular weight is 623 g/mol. The van der Waals surface area contributed by atoms with Crippen molar-refractivity contribution in [1.29, 1.82) is 0 Å². The van der Waals surface area contributed by atoms with Gasteiger partial charge >= 0.3 is 0 Å². The number of hydrogen-bond donors (Lipinski definition) is 2. The molecule has 4 aromatic rings. The number of anilines is 2. The fraction of sp³-hybridized carbons (Fsp3) is 0.351. The number of nitrogens with two attached hydrogens (primary N) is 2. The van der Waals surface area contributed by atoms with Gasteiger partial charge in [0.25, 0.3) is 0 Å². The Kier molecular flexibility index (Phi) is 7.82. The normalized spacial score (nSPS) is 19.2. The summed E-state index contributed by atoms with van der Waals surface area (Å²) < 4.78 is 31.2. The van der Waals surface area contributed by atoms with Crippen LogP contribution in [-0.4, -0.2) is 58.3 Å². The molecule has 4 N–H and O–H groups in total. The van der Waals surface area contributed by atoms with Crippen molar-refractivity contribution < 1.29 is 23.7 Å². The Morgan fingerprint density at radius 2 is 1.37 bits per heavy atom. The molecule has 0 aromatic heterocycles. The van der Waals surface area contributed by atoms with Crippen molar-refractivity contribution in [3.63, 3.8) is 0 Å². The summed E-state index contributed by atoms with van der Waals surface area (Å²) in [6.07, 6.45) is 3.23. The lowest BCUT2D eigenvalue weighted by Crippen LogP contribution is -2.34. The zero-order valence-electron chi connectivity index (χ0n) is 27.2. The molecule has 4 heterocycles. The zero-order valence-corrected chi connectivity index (χ0v) is 27.2. The van der Waals surface area contributed by atoms with Gasteiger partial charge in [-0.05, 0) is 110 Å². The summed E-state index contributed by atoms with van der Waals surface area (Å²) in [4.78, 5) is 4.76. The molecule has 4 aliphatic heterocycles. The highest BCUT2D eigenvalue weighted by Gasteiger charge is 2.34. The van der Waals surface area contributed by atoms with Crippen molar-refractivity contribution in [1.82, 2.24) is 9.80 Å². The quantitative estimate of drug-likeness (QED) is 0.254. The van der Waals surface area contributed by atoms with Gasteiger partial charge in [-0.2, -0.15) is 0 Å². The summed E-state index contributed by atoms with van der Waals surface area (Å²) >= 11 is 0. The Balaban J connectivity index is 1.48. The Bertz CT molecular complexity index is 1790. The summed E-state index contributed by atoms with van der Waals surface area (Å²) in [7, 11) is 9.33. The molecule has 8 rings (SSSR count). The van der Waals surface area contributed by atoms with Crippen molar-refractivity contribution in [2.75, 3.05) is 60.0 Å². The summed E-state index contributed by atoms with van der Waals surface area (Å²) in [6, 6.07) is 18.7. The predicted molar refractivity (Wildman–Crippen MR) is 180 cm³/mol. The molecule has 0 unspecified atom stereocenters. The molecule has 9 nitrogen and oxygen atoms in total. The summed E-state index contributed by atoms with van der Waals surface area (Å²) in [5, 5.41) is 0. The molecule has 0 radical (unpaired) electrons. The van der Waals surface area contributed by atoms with Crippen LogP contribution in [0, 0.1) is 0 Å². The molecule has 9 heteroatoms. The fourth-order valence-electron chi connectivity index (χ4n) is 7.26. The second-order valence-electron chi connectivity index (χ2n) is 12.6. The standard InChI is InChI=1S/C37H42N4O5/c1-40-12-10-23-18-30(42-3)31-20-26(23)28(40)15-21-6-8-25(9-7-21)45-32-17-22(14-27(38)35(32)39)16-29-34-24(11-13-41(29)2)19-33(43-4)36(44-5)37(34)46-31/h6-9,14,17-20,28-29H,10-13,15-16,38-39H2,1-5H3/t28-,29+/m0/s1. The van der Waals surface area contributed by atoms with E-state index in [-0.39, 0.29) is 12.1 Å². The average Bonchev–Trinajstić information content (AvgIpc) is 3.05. The number of nitrogen functional groups attached to an aromatic ring is 2. The minimum atomic E-state index is -0.0601. The van der Waals surface area contributed by atoms with E-state index in [4.69, 9.17) is 35.2 Å². The van der Waals surface area contributed by atoms with Crippen LogP contribution in [0.4, 0.5) is 11.4 Å². The van der Waals surface area contributed by atoms with E-state index in [2.05, 4.69) is 54.2 Å². The Morgan fingerprint density at radius 3 is 2.09 bits per heavy atom. The summed E-state index contributed by atoms with van der Waals surface area (Å²) in [5.41, 5.74) is 20.7. The molecule has 0 spiro atoms. The van der Waals surface area contributed by atoms with Gasteiger partial charge in [-0.1, -0.05) is 12.1 Å². The number of nitrogens with zero attached hydrogens (tertiary/aromatic N) is 2. The first-order valence-corrected chi connectivity index (χ1v) is 15.8. The van der Waals surface area contributed by atoms with Crippen LogP contribution in [0.25, 0.3) is 0 Å². The number of likely N-dealkylation sites (N-methyl/N-ethyl adjacent to an activating group) is 2. The molecular weight excluding hydrogens is 580 g/mol. The molecule has 46 heavy (non-hydrogen) atoms. The minimum absolute atomic E-state index is 0.0601. The smallest absolute Gasteiger partial charge is 0.204 e. The number of benzene rings is 4. The predicted octanol–water partition coefficient (Wildman–Crippen LogP) is 6.32. The minimum Gasteiger partial charge on any atom is -0.493 e. The van der Waals surface area contributed by atoms with Gasteiger partial charge in [0.2, 0.25) is 5.75 Å². The van der Waals surface area contributed by atoms with Gasteiger partial charge in [0.15, 0.2) is 28.7 Å². The molecule has 4 aliphatic rings. The SMILES string of the molecule is COc1cc2c3cc1Oc1c(OC)c(OC)cc4c1[C@@H](Cc1cc(N)c(N)c(c1)Oc1ccc(cc1)C[C@@H]3N(C)CC2)N(C)CC4. The van der Waals surface area contributed by atoms with Gasteiger partial charge in [0, 0.05) is 30.7 Å². The Labute approximate surface area is 270 Å². The molecule has 6 bridgehead atoms. The second-order valence-corrected chi connectivity index (χ2v) is 12.6. The third-order valence-corrected chi connectivity index (χ3v) is 9.85. The van der Waals surface area contributed by atoms with Gasteiger partial charge in [-0.25, -0.2) is 0 Å². The van der Waals surface area contributed by atoms with Gasteiger partial charge in [0.05, 0.1) is 32.7 Å². The maximum atomic E-state index is 7.01. The lowest BCUT2D eigenvalue weighted by Gasteiger charge is -2.37. The highest BCUT2D eigenvalue weighted by molar-refractivity contribution is 5.73. The van der Waals surface area contributed by atoms with Crippen LogP contribution in [0.2, 0.25) is 0 Å². The van der Waals surface area contributed by atoms with E-state index in [1.165, 1.54) is 16.7 Å². The molecule has 4 aromatic carbocycles. The first kappa shape index (κ1) is 30.1. The lowest BCUT2D eigenvalue weighted by atomic mass is 9.87. The number of methoxy groups -OCH3 is 3. The number of hydrogen-bond acceptors (Lipinski definition) is 9. The monoisotopic (exact) mass is 622 g/mol. The Morgan fingerprint density at radius 1 is 0.696 bits per heavy atom. The van der Waals surface area contributed by atoms with Crippen molar-refractivity contribution in [3.05, 3.63) is 88.0 Å². The topological polar surface area (TPSA) is 105 Å². The van der Waals surface area contributed by atoms with E-state index < -0.39 is 0 Å². The van der Waals surface area contributed by atoms with Crippen molar-refractivity contribution >= 4 is 11.4 Å². The lowest BCUT2D eigenvalue weighted by molar-refractivity contribution is 0.220. The van der Waals surface area contributed by atoms with Crippen LogP contribution >= 0.6 is 0 Å². The summed E-state index contributed by atoms with van der Waals surface area (Å²) in [5.74, 6) is 4.40. The van der Waals surface area contributed by atoms with Gasteiger partial charge in [-0.3, -0.25) is 9.80 Å². The number of rotatable bonds is 3. The highest BCUT2D eigenvalue weighted by Crippen LogP contribution is 2.52. The zero-order chi connectivity index (χ0) is 32.1. The van der Waals surface area contributed by atoms with Crippen LogP contribution in [0.5, 0.6) is 40.2 Å². The van der Waals surface area contributed by atoms with Crippen LogP contribution in [-0.2, 0) is 25.7 Å². The van der Waals surface area contributed by atoms with Crippen LogP contribution < -0.4 is 35.2 Å². The molecule has 0 aliphatic carbocycles. The molecule has 0 saturated carbocycles. The summed E-state index contributed by atoms with van der Waals surface area (Å²) in [6.45, 7) is 1.81. The third kappa shape index (κ3) is 5.23. The van der Waals surface area contributed by atoms with Crippen LogP contribution in [0.15, 0.2) is 54.6 Å². The second kappa shape index (κ2) is 12.0. The number of ether oxygens (including phenoxy) is 5. The molecule has 2 atom stereocenters. The molecular formula is C37H42N4O5. The molecule has 240 valence electrons. The highest BCUT2D eigenvalue weighted by atomic mass is 16.5. The van der Waals surface area contributed by atoms with Crippen molar-refractivity contribution in [2.45, 2.75) is 37.8 Å². The maximum Gasteiger partial charge on any atom is 0.204 e. The van der Waals surface area contributed by atoms with E-state index in [9.17, 15) is 0 Å². The van der Waals surface area contributed by atoms with Crippen molar-refractivity contribution in [2.24, 2.45) is 0 Å². The van der Waals surface area contributed by atoms with E-state index in [0.717, 1.165) is 49.0 Å². The largest absolute Gasteiger partial charge is 0.493 e. The van der Waals surface area contributed by atoms with E-state index >= 15 is 0 Å². The first-order chi connectivity index (χ1) is 22.3. The van der Waals surface area contributed by atoms with E-state index in [1.807, 2.05) is 24.3 Å².